The van der Waals surface area contributed by atoms with Crippen LogP contribution in [0.4, 0.5) is 0 Å². The molecular formula is C45H31N5OPt. The summed E-state index contributed by atoms with van der Waals surface area (Å²) < 4.78 is 10.7. The zero-order valence-corrected chi connectivity index (χ0v) is 30.9. The third kappa shape index (κ3) is 5.01. The maximum atomic E-state index is 6.58. The number of rotatable bonds is 3. The Balaban J connectivity index is 0.00000360. The van der Waals surface area contributed by atoms with E-state index in [1.54, 1.807) is 0 Å². The molecule has 10 aromatic rings. The minimum Gasteiger partial charge on any atom is -0.466 e. The molecule has 0 radical (unpaired) electrons. The summed E-state index contributed by atoms with van der Waals surface area (Å²) in [4.78, 5) is 14.7. The molecule has 0 N–H and O–H groups in total. The first-order valence-corrected chi connectivity index (χ1v) is 17.1. The van der Waals surface area contributed by atoms with Crippen molar-refractivity contribution in [3.8, 4) is 17.4 Å². The Hall–Kier alpha value is -5.84. The van der Waals surface area contributed by atoms with Gasteiger partial charge in [0.05, 0.1) is 5.65 Å². The Morgan fingerprint density at radius 3 is 2.04 bits per heavy atom. The average molecular weight is 853 g/mol. The van der Waals surface area contributed by atoms with Crippen molar-refractivity contribution in [1.82, 2.24) is 23.9 Å². The van der Waals surface area contributed by atoms with Crippen LogP contribution >= 0.6 is 0 Å². The van der Waals surface area contributed by atoms with Gasteiger partial charge in [0.25, 0.3) is 0 Å². The van der Waals surface area contributed by atoms with Crippen LogP contribution in [0.15, 0.2) is 134 Å². The van der Waals surface area contributed by atoms with Crippen LogP contribution in [0.5, 0.6) is 11.6 Å². The van der Waals surface area contributed by atoms with Gasteiger partial charge in [-0.3, -0.25) is 0 Å². The molecule has 0 spiro atoms. The third-order valence-electron chi connectivity index (χ3n) is 9.91. The Bertz CT molecular complexity index is 3060. The number of ether oxygens (including phenoxy) is 1. The quantitative estimate of drug-likeness (QED) is 0.166. The average Bonchev–Trinajstić information content (AvgIpc) is 3.74. The molecule has 0 aliphatic carbocycles. The summed E-state index contributed by atoms with van der Waals surface area (Å²) >= 11 is 0. The second kappa shape index (κ2) is 12.1. The van der Waals surface area contributed by atoms with E-state index in [9.17, 15) is 0 Å². The molecule has 7 heteroatoms. The maximum absolute atomic E-state index is 6.58. The Kier molecular flexibility index (Phi) is 7.49. The van der Waals surface area contributed by atoms with E-state index in [1.807, 2.05) is 28.8 Å². The summed E-state index contributed by atoms with van der Waals surface area (Å²) in [5, 5.41) is 8.74. The number of hydrogen-bond donors (Lipinski definition) is 0. The van der Waals surface area contributed by atoms with Gasteiger partial charge in [0, 0.05) is 23.8 Å². The topological polar surface area (TPSA) is 57.2 Å². The van der Waals surface area contributed by atoms with Crippen LogP contribution in [0, 0.1) is 12.4 Å². The molecular weight excluding hydrogens is 822 g/mol. The molecule has 5 aromatic carbocycles. The van der Waals surface area contributed by atoms with Gasteiger partial charge >= 0.3 is 21.1 Å². The normalized spacial score (nSPS) is 12.0. The van der Waals surface area contributed by atoms with E-state index < -0.39 is 0 Å². The zero-order valence-electron chi connectivity index (χ0n) is 28.7. The second-order valence-electron chi connectivity index (χ2n) is 14.0. The van der Waals surface area contributed by atoms with Crippen molar-refractivity contribution in [3.05, 3.63) is 152 Å². The molecule has 0 bridgehead atoms. The van der Waals surface area contributed by atoms with Gasteiger partial charge in [0.15, 0.2) is 0 Å². The molecule has 0 aliphatic heterocycles. The standard InChI is InChI=1S/C45H31N5O.Pt/c1-45(2,3)28-23-24-46-41(25-28)50-39-18-9-8-15-34(39)35-20-19-29(26-40(35)50)51-42-22-21-37-33-14-7-5-12-31(33)30-11-4-6-13-32(30)36-16-10-17-38-43(36)49(27-47-38)44(37)48-42;/h4-25H,1-3H3;/q-2;+2. The van der Waals surface area contributed by atoms with Crippen molar-refractivity contribution in [1.29, 1.82) is 0 Å². The monoisotopic (exact) mass is 852 g/mol. The van der Waals surface area contributed by atoms with Crippen molar-refractivity contribution in [2.75, 3.05) is 0 Å². The number of aromatic nitrogens is 5. The van der Waals surface area contributed by atoms with Gasteiger partial charge in [-0.1, -0.05) is 117 Å². The summed E-state index contributed by atoms with van der Waals surface area (Å²) in [5.41, 5.74) is 5.64. The van der Waals surface area contributed by atoms with Crippen LogP contribution in [-0.4, -0.2) is 23.9 Å². The molecule has 0 fully saturated rings. The van der Waals surface area contributed by atoms with Crippen molar-refractivity contribution >= 4 is 70.8 Å². The van der Waals surface area contributed by atoms with Crippen molar-refractivity contribution in [3.63, 3.8) is 0 Å². The summed E-state index contributed by atoms with van der Waals surface area (Å²) in [6.45, 7) is 6.65. The minimum atomic E-state index is -0.0223. The van der Waals surface area contributed by atoms with Crippen LogP contribution in [-0.2, 0) is 26.5 Å². The van der Waals surface area contributed by atoms with Crippen molar-refractivity contribution < 1.29 is 25.8 Å². The van der Waals surface area contributed by atoms with Gasteiger partial charge in [0.2, 0.25) is 5.88 Å². The molecule has 0 amide bonds. The number of benzene rings is 5. The van der Waals surface area contributed by atoms with E-state index in [0.29, 0.717) is 17.3 Å². The zero-order chi connectivity index (χ0) is 34.3. The van der Waals surface area contributed by atoms with Gasteiger partial charge in [-0.25, -0.2) is 9.97 Å². The third-order valence-corrected chi connectivity index (χ3v) is 9.91. The molecule has 5 heterocycles. The Morgan fingerprint density at radius 1 is 0.635 bits per heavy atom. The smallest absolute Gasteiger partial charge is 0.466 e. The van der Waals surface area contributed by atoms with E-state index in [2.05, 4.69) is 147 Å². The van der Waals surface area contributed by atoms with E-state index in [-0.39, 0.29) is 26.5 Å². The van der Waals surface area contributed by atoms with Crippen LogP contribution in [0.3, 0.4) is 0 Å². The molecule has 0 saturated carbocycles. The van der Waals surface area contributed by atoms with Crippen LogP contribution in [0.1, 0.15) is 26.3 Å². The predicted octanol–water partition coefficient (Wildman–Crippen LogP) is 11.1. The van der Waals surface area contributed by atoms with Gasteiger partial charge in [0.1, 0.15) is 5.82 Å². The first kappa shape index (κ1) is 32.1. The molecule has 0 atom stereocenters. The number of fused-ring (bicyclic) bond motifs is 10. The summed E-state index contributed by atoms with van der Waals surface area (Å²) in [5.74, 6) is 1.85. The fourth-order valence-electron chi connectivity index (χ4n) is 7.45. The number of nitrogens with zero attached hydrogens (tertiary/aromatic N) is 5. The summed E-state index contributed by atoms with van der Waals surface area (Å²) in [6.07, 6.45) is 5.16. The first-order chi connectivity index (χ1) is 24.9. The first-order valence-electron chi connectivity index (χ1n) is 17.1. The van der Waals surface area contributed by atoms with E-state index in [1.165, 1.54) is 5.56 Å². The number of hydrogen-bond acceptors (Lipinski definition) is 4. The molecule has 5 aromatic heterocycles. The SMILES string of the molecule is CC(C)(C)c1ccnc(-n2c3[c-]c(Oc4ccc5c6ccccc6c6ccccc6c6cccc7n[c-]n(c5n4)c76)ccc3c3ccccc32)c1.[Pt+2]. The van der Waals surface area contributed by atoms with Crippen molar-refractivity contribution in [2.24, 2.45) is 0 Å². The van der Waals surface area contributed by atoms with Gasteiger partial charge in [-0.2, -0.15) is 6.07 Å². The van der Waals surface area contributed by atoms with E-state index >= 15 is 0 Å². The predicted molar refractivity (Wildman–Crippen MR) is 207 cm³/mol. The van der Waals surface area contributed by atoms with Crippen LogP contribution in [0.2, 0.25) is 0 Å². The van der Waals surface area contributed by atoms with Crippen LogP contribution < -0.4 is 4.74 Å². The Morgan fingerprint density at radius 2 is 1.29 bits per heavy atom. The van der Waals surface area contributed by atoms with E-state index in [4.69, 9.17) is 19.7 Å². The van der Waals surface area contributed by atoms with Crippen LogP contribution in [0.25, 0.3) is 76.6 Å². The number of imidazole rings is 1. The fraction of sp³-hybridized carbons (Fsp3) is 0.0889. The molecule has 0 unspecified atom stereocenters. The van der Waals surface area contributed by atoms with Gasteiger partial charge in [-0.15, -0.1) is 17.5 Å². The molecule has 252 valence electrons. The maximum Gasteiger partial charge on any atom is 2.00 e. The fourth-order valence-corrected chi connectivity index (χ4v) is 7.45. The Labute approximate surface area is 314 Å². The molecule has 10 rings (SSSR count). The van der Waals surface area contributed by atoms with Gasteiger partial charge < -0.3 is 18.7 Å². The second-order valence-corrected chi connectivity index (χ2v) is 14.0. The largest absolute Gasteiger partial charge is 2.00 e. The molecule has 0 aliphatic rings. The van der Waals surface area contributed by atoms with Gasteiger partial charge in [-0.05, 0) is 84.0 Å². The molecule has 0 saturated heterocycles. The van der Waals surface area contributed by atoms with E-state index in [0.717, 1.165) is 71.0 Å². The number of para-hydroxylation sites is 2. The summed E-state index contributed by atoms with van der Waals surface area (Å²) in [6, 6.07) is 47.6. The number of pyridine rings is 2. The molecule has 52 heavy (non-hydrogen) atoms. The molecule has 6 nitrogen and oxygen atoms in total. The van der Waals surface area contributed by atoms with Crippen molar-refractivity contribution in [2.45, 2.75) is 26.2 Å². The minimum absolute atomic E-state index is 0. The summed E-state index contributed by atoms with van der Waals surface area (Å²) in [7, 11) is 0.